The molecule has 0 unspecified atom stereocenters. The molecule has 7 heteroatoms. The number of rotatable bonds is 3. The first kappa shape index (κ1) is 15.8. The van der Waals surface area contributed by atoms with Gasteiger partial charge < -0.3 is 10.2 Å². The fraction of sp³-hybridized carbons (Fsp3) is 0.571. The summed E-state index contributed by atoms with van der Waals surface area (Å²) >= 11 is 0. The molecule has 2 heterocycles. The quantitative estimate of drug-likeness (QED) is 0.903. The van der Waals surface area contributed by atoms with Gasteiger partial charge in [-0.3, -0.25) is 4.79 Å². The van der Waals surface area contributed by atoms with E-state index in [9.17, 15) is 13.2 Å². The molecule has 1 saturated heterocycles. The largest absolute Gasteiger partial charge is 0.370 e. The van der Waals surface area contributed by atoms with E-state index in [1.165, 1.54) is 0 Å². The molecule has 0 aromatic carbocycles. The van der Waals surface area contributed by atoms with Crippen LogP contribution in [0.1, 0.15) is 29.4 Å². The molecule has 0 bridgehead atoms. The number of carbonyl (C=O) groups excluding carboxylic acids is 1. The normalized spacial score (nSPS) is 18.1. The lowest BCUT2D eigenvalue weighted by atomic mass is 10.2. The van der Waals surface area contributed by atoms with Crippen LogP contribution in [-0.4, -0.2) is 55.3 Å². The Bertz CT molecular complexity index is 628. The molecule has 0 radical (unpaired) electrons. The maximum absolute atomic E-state index is 12.5. The second kappa shape index (κ2) is 6.43. The minimum atomic E-state index is -3.01. The van der Waals surface area contributed by atoms with E-state index in [4.69, 9.17) is 0 Å². The van der Waals surface area contributed by atoms with Crippen LogP contribution in [0.3, 0.4) is 0 Å². The Kier molecular flexibility index (Phi) is 4.82. The minimum absolute atomic E-state index is 0.0445. The van der Waals surface area contributed by atoms with Crippen LogP contribution in [0.5, 0.6) is 0 Å². The number of nitrogens with zero attached hydrogens (tertiary/aromatic N) is 2. The van der Waals surface area contributed by atoms with Crippen LogP contribution in [0, 0.1) is 6.92 Å². The molecule has 6 nitrogen and oxygen atoms in total. The number of hydrogen-bond donors (Lipinski definition) is 1. The standard InChI is InChI=1S/C14H21N3O3S/c1-3-15-13-10-12(9-11(2)16-13)14(18)17-5-4-7-21(19,20)8-6-17/h9-10H,3-8H2,1-2H3,(H,15,16). The van der Waals surface area contributed by atoms with Gasteiger partial charge in [-0.1, -0.05) is 0 Å². The first-order valence-corrected chi connectivity index (χ1v) is 8.95. The average Bonchev–Trinajstić information content (AvgIpc) is 2.58. The maximum atomic E-state index is 12.5. The predicted octanol–water partition coefficient (Wildman–Crippen LogP) is 1.08. The molecule has 1 aromatic heterocycles. The Labute approximate surface area is 125 Å². The van der Waals surface area contributed by atoms with Crippen molar-refractivity contribution in [2.24, 2.45) is 0 Å². The molecule has 0 atom stereocenters. The highest BCUT2D eigenvalue weighted by Gasteiger charge is 2.23. The zero-order valence-electron chi connectivity index (χ0n) is 12.4. The Morgan fingerprint density at radius 1 is 1.33 bits per heavy atom. The van der Waals surface area contributed by atoms with Gasteiger partial charge in [0.1, 0.15) is 5.82 Å². The zero-order valence-corrected chi connectivity index (χ0v) is 13.2. The predicted molar refractivity (Wildman–Crippen MR) is 82.3 cm³/mol. The number of carbonyl (C=O) groups is 1. The smallest absolute Gasteiger partial charge is 0.254 e. The summed E-state index contributed by atoms with van der Waals surface area (Å²) in [5, 5.41) is 3.09. The molecule has 0 aliphatic carbocycles. The third-order valence-corrected chi connectivity index (χ3v) is 5.12. The number of amides is 1. The van der Waals surface area contributed by atoms with E-state index in [2.05, 4.69) is 10.3 Å². The van der Waals surface area contributed by atoms with Crippen molar-refractivity contribution in [2.45, 2.75) is 20.3 Å². The fourth-order valence-electron chi connectivity index (χ4n) is 2.39. The third kappa shape index (κ3) is 4.17. The Hall–Kier alpha value is -1.63. The highest BCUT2D eigenvalue weighted by atomic mass is 32.2. The third-order valence-electron chi connectivity index (χ3n) is 3.40. The van der Waals surface area contributed by atoms with Crippen LogP contribution >= 0.6 is 0 Å². The summed E-state index contributed by atoms with van der Waals surface area (Å²) in [4.78, 5) is 18.5. The molecule has 1 amide bonds. The lowest BCUT2D eigenvalue weighted by Gasteiger charge is -2.20. The van der Waals surface area contributed by atoms with Gasteiger partial charge in [-0.15, -0.1) is 0 Å². The van der Waals surface area contributed by atoms with Crippen molar-refractivity contribution in [3.8, 4) is 0 Å². The van der Waals surface area contributed by atoms with E-state index >= 15 is 0 Å². The summed E-state index contributed by atoms with van der Waals surface area (Å²) < 4.78 is 23.2. The van der Waals surface area contributed by atoms with Gasteiger partial charge in [-0.05, 0) is 32.4 Å². The van der Waals surface area contributed by atoms with Crippen molar-refractivity contribution in [1.29, 1.82) is 0 Å². The molecular weight excluding hydrogens is 290 g/mol. The highest BCUT2D eigenvalue weighted by molar-refractivity contribution is 7.91. The Balaban J connectivity index is 2.19. The van der Waals surface area contributed by atoms with Gasteiger partial charge >= 0.3 is 0 Å². The number of sulfone groups is 1. The lowest BCUT2D eigenvalue weighted by Crippen LogP contribution is -2.33. The van der Waals surface area contributed by atoms with Gasteiger partial charge in [0.25, 0.3) is 5.91 Å². The SMILES string of the molecule is CCNc1cc(C(=O)N2CCCS(=O)(=O)CC2)cc(C)n1. The van der Waals surface area contributed by atoms with E-state index in [0.29, 0.717) is 24.3 Å². The molecular formula is C14H21N3O3S. The summed E-state index contributed by atoms with van der Waals surface area (Å²) in [6, 6.07) is 3.46. The molecule has 116 valence electrons. The fourth-order valence-corrected chi connectivity index (χ4v) is 3.66. The van der Waals surface area contributed by atoms with E-state index in [1.54, 1.807) is 17.0 Å². The van der Waals surface area contributed by atoms with Crippen LogP contribution in [0.25, 0.3) is 0 Å². The van der Waals surface area contributed by atoms with Crippen LogP contribution in [0.15, 0.2) is 12.1 Å². The van der Waals surface area contributed by atoms with Gasteiger partial charge in [-0.2, -0.15) is 0 Å². The van der Waals surface area contributed by atoms with Crippen LogP contribution in [-0.2, 0) is 9.84 Å². The summed E-state index contributed by atoms with van der Waals surface area (Å²) in [6.45, 7) is 5.27. The summed E-state index contributed by atoms with van der Waals surface area (Å²) in [7, 11) is -3.01. The lowest BCUT2D eigenvalue weighted by molar-refractivity contribution is 0.0768. The van der Waals surface area contributed by atoms with Crippen molar-refractivity contribution < 1.29 is 13.2 Å². The number of hydrogen-bond acceptors (Lipinski definition) is 5. The first-order chi connectivity index (χ1) is 9.91. The van der Waals surface area contributed by atoms with E-state index in [-0.39, 0.29) is 24.0 Å². The number of aryl methyl sites for hydroxylation is 1. The maximum Gasteiger partial charge on any atom is 0.254 e. The molecule has 0 spiro atoms. The van der Waals surface area contributed by atoms with Crippen molar-refractivity contribution in [3.63, 3.8) is 0 Å². The minimum Gasteiger partial charge on any atom is -0.370 e. The van der Waals surface area contributed by atoms with Crippen LogP contribution in [0.2, 0.25) is 0 Å². The topological polar surface area (TPSA) is 79.4 Å². The molecule has 1 aliphatic heterocycles. The molecule has 0 saturated carbocycles. The second-order valence-corrected chi connectivity index (χ2v) is 7.51. The molecule has 1 fully saturated rings. The van der Waals surface area contributed by atoms with Gasteiger partial charge in [-0.25, -0.2) is 13.4 Å². The molecule has 1 aromatic rings. The number of nitrogens with one attached hydrogen (secondary N) is 1. The van der Waals surface area contributed by atoms with Crippen molar-refractivity contribution in [2.75, 3.05) is 36.5 Å². The van der Waals surface area contributed by atoms with E-state index in [1.807, 2.05) is 13.8 Å². The van der Waals surface area contributed by atoms with E-state index < -0.39 is 9.84 Å². The number of aromatic nitrogens is 1. The van der Waals surface area contributed by atoms with Gasteiger partial charge in [0, 0.05) is 30.9 Å². The summed E-state index contributed by atoms with van der Waals surface area (Å²) in [6.07, 6.45) is 0.498. The number of anilines is 1. The van der Waals surface area contributed by atoms with Gasteiger partial charge in [0.05, 0.1) is 11.5 Å². The zero-order chi connectivity index (χ0) is 15.5. The van der Waals surface area contributed by atoms with Crippen molar-refractivity contribution in [3.05, 3.63) is 23.4 Å². The monoisotopic (exact) mass is 311 g/mol. The van der Waals surface area contributed by atoms with Gasteiger partial charge in [0.15, 0.2) is 9.84 Å². The molecule has 2 rings (SSSR count). The average molecular weight is 311 g/mol. The Morgan fingerprint density at radius 2 is 2.10 bits per heavy atom. The van der Waals surface area contributed by atoms with Gasteiger partial charge in [0.2, 0.25) is 0 Å². The van der Waals surface area contributed by atoms with Crippen molar-refractivity contribution >= 4 is 21.6 Å². The first-order valence-electron chi connectivity index (χ1n) is 7.13. The second-order valence-electron chi connectivity index (χ2n) is 5.21. The molecule has 1 aliphatic rings. The Morgan fingerprint density at radius 3 is 2.81 bits per heavy atom. The van der Waals surface area contributed by atoms with Crippen molar-refractivity contribution in [1.82, 2.24) is 9.88 Å². The van der Waals surface area contributed by atoms with Crippen LogP contribution < -0.4 is 5.32 Å². The summed E-state index contributed by atoms with van der Waals surface area (Å²) in [5.74, 6) is 0.748. The van der Waals surface area contributed by atoms with E-state index in [0.717, 1.165) is 12.2 Å². The number of pyridine rings is 1. The molecule has 21 heavy (non-hydrogen) atoms. The molecule has 1 N–H and O–H groups in total. The highest BCUT2D eigenvalue weighted by Crippen LogP contribution is 2.14. The summed E-state index contributed by atoms with van der Waals surface area (Å²) in [5.41, 5.74) is 1.32. The van der Waals surface area contributed by atoms with Crippen LogP contribution in [0.4, 0.5) is 5.82 Å².